The average molecular weight is 370 g/mol. The molecule has 148 valence electrons. The average Bonchev–Trinajstić information content (AvgIpc) is 3.11. The molecular formula is C23H35N3O. The number of allylic oxidation sites excluding steroid dienone is 2. The molecule has 1 saturated heterocycles. The summed E-state index contributed by atoms with van der Waals surface area (Å²) in [7, 11) is 0. The fourth-order valence-electron chi connectivity index (χ4n) is 5.31. The second-order valence-electron chi connectivity index (χ2n) is 9.87. The molecule has 4 heteroatoms. The Labute approximate surface area is 164 Å². The molecule has 1 aromatic heterocycles. The molecule has 0 aromatic carbocycles. The van der Waals surface area contributed by atoms with Crippen molar-refractivity contribution in [1.82, 2.24) is 14.7 Å². The summed E-state index contributed by atoms with van der Waals surface area (Å²) < 4.78 is 2.21. The number of Topliss-reactive ketones (excluding diaryl/α,β-unsaturated/α-hetero) is 1. The molecule has 0 spiro atoms. The third-order valence-corrected chi connectivity index (χ3v) is 7.11. The van der Waals surface area contributed by atoms with Gasteiger partial charge in [0, 0.05) is 31.7 Å². The minimum absolute atomic E-state index is 0.151. The van der Waals surface area contributed by atoms with Gasteiger partial charge < -0.3 is 4.90 Å². The number of rotatable bonds is 6. The number of piperidine rings is 1. The van der Waals surface area contributed by atoms with Gasteiger partial charge in [0.25, 0.3) is 0 Å². The highest BCUT2D eigenvalue weighted by Crippen LogP contribution is 2.56. The summed E-state index contributed by atoms with van der Waals surface area (Å²) in [5.41, 5.74) is 4.48. The molecule has 4 aliphatic rings. The van der Waals surface area contributed by atoms with Gasteiger partial charge in [-0.1, -0.05) is 33.3 Å². The van der Waals surface area contributed by atoms with Gasteiger partial charge in [0.15, 0.2) is 5.78 Å². The standard InChI is InChI=1S/C23H35N3O/c1-16(2)19-13-24-26(14-19)20-6-9-25(10-7-20)15-23-8-5-21(18(11-23)12-23)22(27)17(3)4/h13-14,16-17,20H,5-12,15H2,1-4H3. The highest BCUT2D eigenvalue weighted by atomic mass is 16.1. The van der Waals surface area contributed by atoms with Crippen molar-refractivity contribution in [1.29, 1.82) is 0 Å². The van der Waals surface area contributed by atoms with E-state index in [-0.39, 0.29) is 5.92 Å². The molecule has 3 aliphatic carbocycles. The van der Waals surface area contributed by atoms with E-state index < -0.39 is 0 Å². The van der Waals surface area contributed by atoms with E-state index in [4.69, 9.17) is 0 Å². The number of hydrogen-bond acceptors (Lipinski definition) is 3. The molecule has 0 amide bonds. The highest BCUT2D eigenvalue weighted by Gasteiger charge is 2.47. The summed E-state index contributed by atoms with van der Waals surface area (Å²) in [5, 5.41) is 4.62. The van der Waals surface area contributed by atoms with Gasteiger partial charge in [-0.25, -0.2) is 0 Å². The molecule has 4 nitrogen and oxygen atoms in total. The Morgan fingerprint density at radius 2 is 1.93 bits per heavy atom. The van der Waals surface area contributed by atoms with Crippen molar-refractivity contribution in [2.45, 2.75) is 78.2 Å². The lowest BCUT2D eigenvalue weighted by atomic mass is 9.56. The third-order valence-electron chi connectivity index (χ3n) is 7.11. The Morgan fingerprint density at radius 1 is 1.22 bits per heavy atom. The molecule has 27 heavy (non-hydrogen) atoms. The first kappa shape index (κ1) is 18.9. The van der Waals surface area contributed by atoms with Gasteiger partial charge in [-0.2, -0.15) is 5.10 Å². The van der Waals surface area contributed by atoms with Crippen LogP contribution in [0.2, 0.25) is 0 Å². The van der Waals surface area contributed by atoms with Crippen LogP contribution in [0.5, 0.6) is 0 Å². The molecule has 0 atom stereocenters. The maximum Gasteiger partial charge on any atom is 0.161 e. The summed E-state index contributed by atoms with van der Waals surface area (Å²) in [6, 6.07) is 0.560. The van der Waals surface area contributed by atoms with Gasteiger partial charge in [0.1, 0.15) is 0 Å². The first-order chi connectivity index (χ1) is 12.9. The number of hydrogen-bond donors (Lipinski definition) is 0. The van der Waals surface area contributed by atoms with Crippen molar-refractivity contribution >= 4 is 5.78 Å². The van der Waals surface area contributed by atoms with Gasteiger partial charge in [0.2, 0.25) is 0 Å². The molecule has 2 fully saturated rings. The third kappa shape index (κ3) is 3.65. The SMILES string of the molecule is CC(C)C(=O)C1=C2CC(CN3CCC(n4cc(C(C)C)cn4)CC3)(CC1)C2. The lowest BCUT2D eigenvalue weighted by Gasteiger charge is -2.52. The summed E-state index contributed by atoms with van der Waals surface area (Å²) in [5.74, 6) is 1.11. The molecule has 1 aliphatic heterocycles. The van der Waals surface area contributed by atoms with Crippen molar-refractivity contribution in [3.63, 3.8) is 0 Å². The summed E-state index contributed by atoms with van der Waals surface area (Å²) in [4.78, 5) is 15.0. The van der Waals surface area contributed by atoms with Gasteiger partial charge in [0.05, 0.1) is 12.2 Å². The molecule has 0 N–H and O–H groups in total. The largest absolute Gasteiger partial charge is 0.303 e. The minimum atomic E-state index is 0.151. The van der Waals surface area contributed by atoms with Gasteiger partial charge in [-0.15, -0.1) is 0 Å². The number of carbonyl (C=O) groups is 1. The van der Waals surface area contributed by atoms with Gasteiger partial charge >= 0.3 is 0 Å². The van der Waals surface area contributed by atoms with Crippen LogP contribution < -0.4 is 0 Å². The van der Waals surface area contributed by atoms with Crippen LogP contribution in [0, 0.1) is 11.3 Å². The quantitative estimate of drug-likeness (QED) is 0.727. The van der Waals surface area contributed by atoms with Crippen molar-refractivity contribution in [2.75, 3.05) is 19.6 Å². The van der Waals surface area contributed by atoms with Gasteiger partial charge in [-0.05, 0) is 61.0 Å². The van der Waals surface area contributed by atoms with Crippen LogP contribution in [0.4, 0.5) is 0 Å². The summed E-state index contributed by atoms with van der Waals surface area (Å²) in [6.45, 7) is 12.1. The van der Waals surface area contributed by atoms with E-state index in [0.29, 0.717) is 23.2 Å². The predicted molar refractivity (Wildman–Crippen MR) is 109 cm³/mol. The van der Waals surface area contributed by atoms with E-state index in [0.717, 1.165) is 6.42 Å². The fraction of sp³-hybridized carbons (Fsp3) is 0.739. The van der Waals surface area contributed by atoms with Crippen LogP contribution in [-0.2, 0) is 4.79 Å². The summed E-state index contributed by atoms with van der Waals surface area (Å²) >= 11 is 0. The molecule has 1 saturated carbocycles. The molecule has 1 aromatic rings. The minimum Gasteiger partial charge on any atom is -0.303 e. The van der Waals surface area contributed by atoms with E-state index in [1.54, 1.807) is 0 Å². The second kappa shape index (κ2) is 7.20. The van der Waals surface area contributed by atoms with E-state index in [9.17, 15) is 4.79 Å². The zero-order valence-corrected chi connectivity index (χ0v) is 17.5. The zero-order chi connectivity index (χ0) is 19.2. The van der Waals surface area contributed by atoms with Gasteiger partial charge in [-0.3, -0.25) is 9.48 Å². The Kier molecular flexibility index (Phi) is 5.04. The van der Waals surface area contributed by atoms with Crippen molar-refractivity contribution < 1.29 is 4.79 Å². The lowest BCUT2D eigenvalue weighted by molar-refractivity contribution is -0.119. The van der Waals surface area contributed by atoms with Crippen molar-refractivity contribution in [3.8, 4) is 0 Å². The number of likely N-dealkylation sites (tertiary alicyclic amines) is 1. The molecule has 0 radical (unpaired) electrons. The van der Waals surface area contributed by atoms with Crippen LogP contribution in [0.15, 0.2) is 23.5 Å². The maximum absolute atomic E-state index is 12.4. The first-order valence-electron chi connectivity index (χ1n) is 10.9. The highest BCUT2D eigenvalue weighted by molar-refractivity contribution is 5.98. The van der Waals surface area contributed by atoms with E-state index in [1.807, 2.05) is 20.0 Å². The maximum atomic E-state index is 12.4. The Hall–Kier alpha value is -1.42. The molecule has 2 bridgehead atoms. The topological polar surface area (TPSA) is 38.1 Å². The van der Waals surface area contributed by atoms with Crippen molar-refractivity contribution in [2.24, 2.45) is 11.3 Å². The number of aromatic nitrogens is 2. The number of fused-ring (bicyclic) bond motifs is 2. The molecular weight excluding hydrogens is 334 g/mol. The molecule has 0 unspecified atom stereocenters. The summed E-state index contributed by atoms with van der Waals surface area (Å²) in [6.07, 6.45) is 11.3. The van der Waals surface area contributed by atoms with Crippen LogP contribution in [0.3, 0.4) is 0 Å². The number of carbonyl (C=O) groups excluding carboxylic acids is 1. The smallest absolute Gasteiger partial charge is 0.161 e. The van der Waals surface area contributed by atoms with Crippen LogP contribution in [0.1, 0.15) is 83.7 Å². The van der Waals surface area contributed by atoms with E-state index in [1.165, 1.54) is 68.4 Å². The van der Waals surface area contributed by atoms with Crippen LogP contribution in [-0.4, -0.2) is 40.1 Å². The predicted octanol–water partition coefficient (Wildman–Crippen LogP) is 4.74. The Morgan fingerprint density at radius 3 is 2.44 bits per heavy atom. The zero-order valence-electron chi connectivity index (χ0n) is 17.5. The first-order valence-corrected chi connectivity index (χ1v) is 10.9. The Bertz CT molecular complexity index is 727. The molecule has 5 rings (SSSR count). The Balaban J connectivity index is 1.30. The lowest BCUT2D eigenvalue weighted by Crippen LogP contribution is -2.48. The monoisotopic (exact) mass is 369 g/mol. The van der Waals surface area contributed by atoms with Crippen molar-refractivity contribution in [3.05, 3.63) is 29.1 Å². The van der Waals surface area contributed by atoms with E-state index in [2.05, 4.69) is 34.7 Å². The van der Waals surface area contributed by atoms with Crippen LogP contribution >= 0.6 is 0 Å². The van der Waals surface area contributed by atoms with Crippen LogP contribution in [0.25, 0.3) is 0 Å². The number of nitrogens with zero attached hydrogens (tertiary/aromatic N) is 3. The second-order valence-corrected chi connectivity index (χ2v) is 9.87. The fourth-order valence-corrected chi connectivity index (χ4v) is 5.31. The normalized spacial score (nSPS) is 23.2. The number of ketones is 1. The molecule has 2 heterocycles. The van der Waals surface area contributed by atoms with E-state index >= 15 is 0 Å².